The zero-order chi connectivity index (χ0) is 9.52. The van der Waals surface area contributed by atoms with Gasteiger partial charge in [0.05, 0.1) is 6.10 Å². The van der Waals surface area contributed by atoms with Crippen LogP contribution in [0.15, 0.2) is 0 Å². The minimum atomic E-state index is 0.585. The second kappa shape index (κ2) is 6.42. The van der Waals surface area contributed by atoms with Crippen LogP contribution in [0.4, 0.5) is 0 Å². The van der Waals surface area contributed by atoms with Crippen molar-refractivity contribution in [2.24, 2.45) is 5.92 Å². The molecule has 1 heteroatoms. The zero-order valence-corrected chi connectivity index (χ0v) is 9.22. The van der Waals surface area contributed by atoms with E-state index in [0.717, 1.165) is 12.5 Å². The van der Waals surface area contributed by atoms with Crippen molar-refractivity contribution in [2.45, 2.75) is 64.9 Å². The van der Waals surface area contributed by atoms with Crippen LogP contribution in [0.1, 0.15) is 58.8 Å². The molecule has 0 aliphatic heterocycles. The molecule has 2 atom stereocenters. The highest BCUT2D eigenvalue weighted by atomic mass is 16.5. The Morgan fingerprint density at radius 1 is 1.15 bits per heavy atom. The smallest absolute Gasteiger partial charge is 0.0600 e. The monoisotopic (exact) mass is 184 g/mol. The molecule has 13 heavy (non-hydrogen) atoms. The normalized spacial score (nSPS) is 28.2. The van der Waals surface area contributed by atoms with E-state index in [9.17, 15) is 0 Å². The second-order valence-electron chi connectivity index (χ2n) is 4.38. The fourth-order valence-electron chi connectivity index (χ4n) is 2.12. The van der Waals surface area contributed by atoms with Gasteiger partial charge in [0.1, 0.15) is 0 Å². The first-order valence-corrected chi connectivity index (χ1v) is 5.96. The maximum atomic E-state index is 5.86. The van der Waals surface area contributed by atoms with E-state index in [1.807, 2.05) is 0 Å². The molecule has 0 radical (unpaired) electrons. The predicted octanol–water partition coefficient (Wildman–Crippen LogP) is 3.77. The molecule has 1 aliphatic rings. The highest BCUT2D eigenvalue weighted by molar-refractivity contribution is 4.74. The maximum Gasteiger partial charge on any atom is 0.0600 e. The summed E-state index contributed by atoms with van der Waals surface area (Å²) >= 11 is 0. The topological polar surface area (TPSA) is 9.23 Å². The van der Waals surface area contributed by atoms with Crippen LogP contribution in [0.5, 0.6) is 0 Å². The van der Waals surface area contributed by atoms with Gasteiger partial charge in [0, 0.05) is 6.61 Å². The average molecular weight is 184 g/mol. The number of hydrogen-bond donors (Lipinski definition) is 0. The summed E-state index contributed by atoms with van der Waals surface area (Å²) in [6, 6.07) is 0. The van der Waals surface area contributed by atoms with Gasteiger partial charge >= 0.3 is 0 Å². The number of rotatable bonds is 6. The fraction of sp³-hybridized carbons (Fsp3) is 1.00. The Bertz CT molecular complexity index is 122. The van der Waals surface area contributed by atoms with Gasteiger partial charge < -0.3 is 4.74 Å². The van der Waals surface area contributed by atoms with E-state index in [1.54, 1.807) is 0 Å². The summed E-state index contributed by atoms with van der Waals surface area (Å²) in [5, 5.41) is 0. The molecule has 0 N–H and O–H groups in total. The Morgan fingerprint density at radius 2 is 2.00 bits per heavy atom. The predicted molar refractivity (Wildman–Crippen MR) is 56.9 cm³/mol. The van der Waals surface area contributed by atoms with Crippen LogP contribution in [0.3, 0.4) is 0 Å². The quantitative estimate of drug-likeness (QED) is 0.571. The van der Waals surface area contributed by atoms with Crippen molar-refractivity contribution in [1.82, 2.24) is 0 Å². The van der Waals surface area contributed by atoms with E-state index < -0.39 is 0 Å². The third-order valence-electron chi connectivity index (χ3n) is 3.11. The number of ether oxygens (including phenoxy) is 1. The second-order valence-corrected chi connectivity index (χ2v) is 4.38. The first kappa shape index (κ1) is 11.0. The van der Waals surface area contributed by atoms with Crippen molar-refractivity contribution >= 4 is 0 Å². The van der Waals surface area contributed by atoms with Gasteiger partial charge in [-0.25, -0.2) is 0 Å². The van der Waals surface area contributed by atoms with Gasteiger partial charge in [-0.3, -0.25) is 0 Å². The largest absolute Gasteiger partial charge is 0.378 e. The maximum absolute atomic E-state index is 5.86. The Hall–Kier alpha value is -0.0400. The first-order valence-electron chi connectivity index (χ1n) is 5.96. The number of unbranched alkanes of at least 4 members (excludes halogenated alkanes) is 3. The van der Waals surface area contributed by atoms with E-state index in [4.69, 9.17) is 4.74 Å². The molecular formula is C12H24O. The summed E-state index contributed by atoms with van der Waals surface area (Å²) in [5.41, 5.74) is 0. The molecule has 0 saturated heterocycles. The Balaban J connectivity index is 1.93. The van der Waals surface area contributed by atoms with Crippen molar-refractivity contribution in [3.8, 4) is 0 Å². The lowest BCUT2D eigenvalue weighted by Crippen LogP contribution is -2.16. The van der Waals surface area contributed by atoms with Crippen molar-refractivity contribution in [2.75, 3.05) is 6.61 Å². The summed E-state index contributed by atoms with van der Waals surface area (Å²) in [7, 11) is 0. The SMILES string of the molecule is CCCCCCOC1CCCC1C. The molecule has 2 unspecified atom stereocenters. The minimum absolute atomic E-state index is 0.585. The van der Waals surface area contributed by atoms with Crippen LogP contribution < -0.4 is 0 Å². The summed E-state index contributed by atoms with van der Waals surface area (Å²) in [4.78, 5) is 0. The molecule has 1 nitrogen and oxygen atoms in total. The van der Waals surface area contributed by atoms with Crippen molar-refractivity contribution in [1.29, 1.82) is 0 Å². The molecule has 0 aromatic rings. The standard InChI is InChI=1S/C12H24O/c1-3-4-5-6-10-13-12-9-7-8-11(12)2/h11-12H,3-10H2,1-2H3. The lowest BCUT2D eigenvalue weighted by Gasteiger charge is -2.15. The molecule has 0 amide bonds. The molecule has 78 valence electrons. The molecule has 1 rings (SSSR count). The van der Waals surface area contributed by atoms with E-state index in [-0.39, 0.29) is 0 Å². The van der Waals surface area contributed by atoms with Gasteiger partial charge in [-0.05, 0) is 25.2 Å². The third kappa shape index (κ3) is 4.12. The highest BCUT2D eigenvalue weighted by Gasteiger charge is 2.23. The highest BCUT2D eigenvalue weighted by Crippen LogP contribution is 2.27. The van der Waals surface area contributed by atoms with Gasteiger partial charge in [0.15, 0.2) is 0 Å². The average Bonchev–Trinajstić information content (AvgIpc) is 2.52. The van der Waals surface area contributed by atoms with Crippen LogP contribution in [0, 0.1) is 5.92 Å². The molecule has 0 bridgehead atoms. The lowest BCUT2D eigenvalue weighted by molar-refractivity contribution is 0.0304. The van der Waals surface area contributed by atoms with E-state index >= 15 is 0 Å². The Kier molecular flexibility index (Phi) is 5.45. The molecule has 1 fully saturated rings. The Labute approximate surface area is 82.9 Å². The molecule has 0 aromatic carbocycles. The molecule has 0 aromatic heterocycles. The molecular weight excluding hydrogens is 160 g/mol. The summed E-state index contributed by atoms with van der Waals surface area (Å²) < 4.78 is 5.86. The Morgan fingerprint density at radius 3 is 2.62 bits per heavy atom. The van der Waals surface area contributed by atoms with Gasteiger partial charge in [-0.15, -0.1) is 0 Å². The molecule has 0 heterocycles. The summed E-state index contributed by atoms with van der Waals surface area (Å²) in [6.45, 7) is 5.57. The molecule has 1 saturated carbocycles. The minimum Gasteiger partial charge on any atom is -0.378 e. The van der Waals surface area contributed by atoms with Crippen LogP contribution in [-0.2, 0) is 4.74 Å². The van der Waals surface area contributed by atoms with Crippen LogP contribution in [0.25, 0.3) is 0 Å². The summed E-state index contributed by atoms with van der Waals surface area (Å²) in [5.74, 6) is 0.811. The zero-order valence-electron chi connectivity index (χ0n) is 9.22. The summed E-state index contributed by atoms with van der Waals surface area (Å²) in [6.07, 6.45) is 9.93. The van der Waals surface area contributed by atoms with Gasteiger partial charge in [-0.1, -0.05) is 39.5 Å². The van der Waals surface area contributed by atoms with Gasteiger partial charge in [0.2, 0.25) is 0 Å². The van der Waals surface area contributed by atoms with Crippen molar-refractivity contribution < 1.29 is 4.74 Å². The van der Waals surface area contributed by atoms with E-state index in [1.165, 1.54) is 44.9 Å². The van der Waals surface area contributed by atoms with Gasteiger partial charge in [-0.2, -0.15) is 0 Å². The van der Waals surface area contributed by atoms with E-state index in [0.29, 0.717) is 6.10 Å². The van der Waals surface area contributed by atoms with Crippen LogP contribution in [-0.4, -0.2) is 12.7 Å². The third-order valence-corrected chi connectivity index (χ3v) is 3.11. The number of hydrogen-bond acceptors (Lipinski definition) is 1. The fourth-order valence-corrected chi connectivity index (χ4v) is 2.12. The lowest BCUT2D eigenvalue weighted by atomic mass is 10.1. The van der Waals surface area contributed by atoms with Crippen molar-refractivity contribution in [3.63, 3.8) is 0 Å². The van der Waals surface area contributed by atoms with Crippen LogP contribution in [0.2, 0.25) is 0 Å². The molecule has 0 spiro atoms. The van der Waals surface area contributed by atoms with Crippen molar-refractivity contribution in [3.05, 3.63) is 0 Å². The van der Waals surface area contributed by atoms with Gasteiger partial charge in [0.25, 0.3) is 0 Å². The molecule has 1 aliphatic carbocycles. The first-order chi connectivity index (χ1) is 6.34. The van der Waals surface area contributed by atoms with Crippen LogP contribution >= 0.6 is 0 Å². The van der Waals surface area contributed by atoms with E-state index in [2.05, 4.69) is 13.8 Å².